The molecule has 2 heteroatoms. The van der Waals surface area contributed by atoms with Crippen LogP contribution in [0.15, 0.2) is 0 Å². The lowest BCUT2D eigenvalue weighted by atomic mass is 9.84. The highest BCUT2D eigenvalue weighted by molar-refractivity contribution is 4.96. The van der Waals surface area contributed by atoms with Crippen LogP contribution in [0.4, 0.5) is 0 Å². The second kappa shape index (κ2) is 4.66. The second-order valence-electron chi connectivity index (χ2n) is 6.15. The summed E-state index contributed by atoms with van der Waals surface area (Å²) >= 11 is 0. The van der Waals surface area contributed by atoms with E-state index in [1.54, 1.807) is 0 Å². The number of nitrogens with zero attached hydrogens (tertiary/aromatic N) is 1. The molecule has 1 aliphatic heterocycles. The molecule has 4 unspecified atom stereocenters. The van der Waals surface area contributed by atoms with Gasteiger partial charge in [0.05, 0.1) is 0 Å². The van der Waals surface area contributed by atoms with Gasteiger partial charge in [0.1, 0.15) is 0 Å². The Morgan fingerprint density at radius 3 is 2.38 bits per heavy atom. The summed E-state index contributed by atoms with van der Waals surface area (Å²) in [5.41, 5.74) is 6.35. The van der Waals surface area contributed by atoms with Gasteiger partial charge >= 0.3 is 0 Å². The first kappa shape index (κ1) is 11.0. The molecule has 1 heterocycles. The number of fused-ring (bicyclic) bond motifs is 1. The summed E-state index contributed by atoms with van der Waals surface area (Å²) < 4.78 is 0. The molecular formula is C14H26N2. The van der Waals surface area contributed by atoms with Gasteiger partial charge in [-0.1, -0.05) is 19.3 Å². The van der Waals surface area contributed by atoms with E-state index in [1.807, 2.05) is 0 Å². The molecule has 0 spiro atoms. The first-order chi connectivity index (χ1) is 7.86. The number of nitrogens with two attached hydrogens (primary N) is 1. The molecule has 2 N–H and O–H groups in total. The van der Waals surface area contributed by atoms with Gasteiger partial charge in [-0.3, -0.25) is 4.90 Å². The van der Waals surface area contributed by atoms with Crippen molar-refractivity contribution in [2.75, 3.05) is 6.54 Å². The zero-order valence-electron chi connectivity index (χ0n) is 10.4. The summed E-state index contributed by atoms with van der Waals surface area (Å²) in [5.74, 6) is 1.02. The molecule has 92 valence electrons. The summed E-state index contributed by atoms with van der Waals surface area (Å²) in [6.45, 7) is 1.33. The first-order valence-corrected chi connectivity index (χ1v) is 7.37. The van der Waals surface area contributed by atoms with Gasteiger partial charge < -0.3 is 5.73 Å². The maximum absolute atomic E-state index is 6.35. The van der Waals surface area contributed by atoms with E-state index < -0.39 is 0 Å². The van der Waals surface area contributed by atoms with Crippen molar-refractivity contribution in [2.45, 2.75) is 75.9 Å². The fourth-order valence-corrected chi connectivity index (χ4v) is 4.46. The standard InChI is InChI=1S/C14H26N2/c15-12-7-1-2-8-14(12)16-10-4-6-11-5-3-9-13(11)16/h11-14H,1-10,15H2. The molecule has 2 saturated carbocycles. The Kier molecular flexibility index (Phi) is 3.21. The van der Waals surface area contributed by atoms with Gasteiger partial charge in [0.15, 0.2) is 0 Å². The smallest absolute Gasteiger partial charge is 0.0250 e. The predicted octanol–water partition coefficient (Wildman–Crippen LogP) is 2.52. The van der Waals surface area contributed by atoms with E-state index in [0.717, 1.165) is 18.0 Å². The zero-order chi connectivity index (χ0) is 11.0. The second-order valence-corrected chi connectivity index (χ2v) is 6.15. The summed E-state index contributed by atoms with van der Waals surface area (Å²) in [4.78, 5) is 2.82. The number of hydrogen-bond donors (Lipinski definition) is 1. The van der Waals surface area contributed by atoms with Gasteiger partial charge in [-0.25, -0.2) is 0 Å². The fraction of sp³-hybridized carbons (Fsp3) is 1.00. The fourth-order valence-electron chi connectivity index (χ4n) is 4.46. The minimum absolute atomic E-state index is 0.466. The maximum atomic E-state index is 6.35. The van der Waals surface area contributed by atoms with Crippen LogP contribution in [0.1, 0.15) is 57.8 Å². The molecule has 1 saturated heterocycles. The van der Waals surface area contributed by atoms with Crippen molar-refractivity contribution >= 4 is 0 Å². The molecule has 4 atom stereocenters. The van der Waals surface area contributed by atoms with Crippen molar-refractivity contribution in [3.63, 3.8) is 0 Å². The Hall–Kier alpha value is -0.0800. The van der Waals surface area contributed by atoms with E-state index >= 15 is 0 Å². The summed E-state index contributed by atoms with van der Waals surface area (Å²) in [6.07, 6.45) is 12.7. The highest BCUT2D eigenvalue weighted by atomic mass is 15.2. The molecule has 0 aromatic carbocycles. The Balaban J connectivity index is 1.71. The van der Waals surface area contributed by atoms with Gasteiger partial charge in [0, 0.05) is 18.1 Å². The van der Waals surface area contributed by atoms with Gasteiger partial charge in [-0.15, -0.1) is 0 Å². The van der Waals surface area contributed by atoms with Gasteiger partial charge in [-0.2, -0.15) is 0 Å². The van der Waals surface area contributed by atoms with Crippen molar-refractivity contribution < 1.29 is 0 Å². The molecule has 3 fully saturated rings. The average molecular weight is 222 g/mol. The van der Waals surface area contributed by atoms with Gasteiger partial charge in [-0.05, 0) is 51.0 Å². The molecule has 0 bridgehead atoms. The minimum atomic E-state index is 0.466. The van der Waals surface area contributed by atoms with E-state index in [2.05, 4.69) is 4.90 Å². The molecule has 0 amide bonds. The summed E-state index contributed by atoms with van der Waals surface area (Å²) in [5, 5.41) is 0. The molecule has 0 radical (unpaired) electrons. The Morgan fingerprint density at radius 1 is 0.750 bits per heavy atom. The van der Waals surface area contributed by atoms with Crippen LogP contribution in [0.5, 0.6) is 0 Å². The van der Waals surface area contributed by atoms with Crippen LogP contribution in [0.3, 0.4) is 0 Å². The lowest BCUT2D eigenvalue weighted by Gasteiger charge is -2.46. The van der Waals surface area contributed by atoms with Gasteiger partial charge in [0.2, 0.25) is 0 Å². The van der Waals surface area contributed by atoms with E-state index in [1.165, 1.54) is 64.3 Å². The number of hydrogen-bond acceptors (Lipinski definition) is 2. The Morgan fingerprint density at radius 2 is 1.50 bits per heavy atom. The molecule has 0 aromatic heterocycles. The molecular weight excluding hydrogens is 196 g/mol. The average Bonchev–Trinajstić information content (AvgIpc) is 2.77. The highest BCUT2D eigenvalue weighted by Gasteiger charge is 2.40. The lowest BCUT2D eigenvalue weighted by molar-refractivity contribution is 0.0401. The monoisotopic (exact) mass is 222 g/mol. The zero-order valence-corrected chi connectivity index (χ0v) is 10.4. The van der Waals surface area contributed by atoms with Crippen LogP contribution >= 0.6 is 0 Å². The van der Waals surface area contributed by atoms with Crippen LogP contribution in [-0.4, -0.2) is 29.6 Å². The van der Waals surface area contributed by atoms with Crippen molar-refractivity contribution in [3.05, 3.63) is 0 Å². The third-order valence-corrected chi connectivity index (χ3v) is 5.24. The molecule has 16 heavy (non-hydrogen) atoms. The lowest BCUT2D eigenvalue weighted by Crippen LogP contribution is -2.56. The number of rotatable bonds is 1. The topological polar surface area (TPSA) is 29.3 Å². The van der Waals surface area contributed by atoms with Crippen LogP contribution in [0.25, 0.3) is 0 Å². The molecule has 3 rings (SSSR count). The van der Waals surface area contributed by atoms with Crippen LogP contribution < -0.4 is 5.73 Å². The SMILES string of the molecule is NC1CCCCC1N1CCCC2CCCC21. The third-order valence-electron chi connectivity index (χ3n) is 5.24. The van der Waals surface area contributed by atoms with Crippen molar-refractivity contribution in [3.8, 4) is 0 Å². The summed E-state index contributed by atoms with van der Waals surface area (Å²) in [7, 11) is 0. The number of likely N-dealkylation sites (tertiary alicyclic amines) is 1. The van der Waals surface area contributed by atoms with E-state index in [0.29, 0.717) is 6.04 Å². The maximum Gasteiger partial charge on any atom is 0.0250 e. The normalized spacial score (nSPS) is 45.6. The van der Waals surface area contributed by atoms with Crippen LogP contribution in [0.2, 0.25) is 0 Å². The van der Waals surface area contributed by atoms with E-state index in [9.17, 15) is 0 Å². The van der Waals surface area contributed by atoms with Crippen LogP contribution in [-0.2, 0) is 0 Å². The minimum Gasteiger partial charge on any atom is -0.326 e. The predicted molar refractivity (Wildman–Crippen MR) is 67.3 cm³/mol. The van der Waals surface area contributed by atoms with Crippen molar-refractivity contribution in [1.82, 2.24) is 4.90 Å². The molecule has 3 aliphatic rings. The van der Waals surface area contributed by atoms with Crippen molar-refractivity contribution in [2.24, 2.45) is 11.7 Å². The quantitative estimate of drug-likeness (QED) is 0.738. The van der Waals surface area contributed by atoms with E-state index in [4.69, 9.17) is 5.73 Å². The highest BCUT2D eigenvalue weighted by Crippen LogP contribution is 2.39. The molecule has 2 aliphatic carbocycles. The van der Waals surface area contributed by atoms with Crippen molar-refractivity contribution in [1.29, 1.82) is 0 Å². The number of piperidine rings is 1. The summed E-state index contributed by atoms with van der Waals surface area (Å²) in [6, 6.07) is 2.09. The van der Waals surface area contributed by atoms with Gasteiger partial charge in [0.25, 0.3) is 0 Å². The third kappa shape index (κ3) is 1.91. The van der Waals surface area contributed by atoms with E-state index in [-0.39, 0.29) is 0 Å². The Labute approximate surface area is 99.6 Å². The largest absolute Gasteiger partial charge is 0.326 e. The molecule has 0 aromatic rings. The Bertz CT molecular complexity index is 241. The first-order valence-electron chi connectivity index (χ1n) is 7.37. The molecule has 2 nitrogen and oxygen atoms in total. The van der Waals surface area contributed by atoms with Crippen LogP contribution in [0, 0.1) is 5.92 Å².